The Hall–Kier alpha value is -0.980. The highest BCUT2D eigenvalue weighted by Crippen LogP contribution is 2.22. The summed E-state index contributed by atoms with van der Waals surface area (Å²) in [7, 11) is -3.87. The van der Waals surface area contributed by atoms with Gasteiger partial charge >= 0.3 is 0 Å². The van der Waals surface area contributed by atoms with Gasteiger partial charge in [-0.3, -0.25) is 0 Å². The fraction of sp³-hybridized carbons (Fsp3) is 0.500. The molecule has 0 saturated heterocycles. The largest absolute Gasteiger partial charge is 0.327 e. The van der Waals surface area contributed by atoms with E-state index in [-0.39, 0.29) is 16.4 Å². The molecule has 0 fully saturated rings. The van der Waals surface area contributed by atoms with Gasteiger partial charge < -0.3 is 5.73 Å². The molecular weight excluding hydrogens is 255 g/mol. The lowest BCUT2D eigenvalue weighted by Crippen LogP contribution is -2.37. The molecule has 0 aliphatic heterocycles. The molecule has 1 unspecified atom stereocenters. The minimum atomic E-state index is -3.87. The molecule has 0 aliphatic rings. The van der Waals surface area contributed by atoms with Crippen molar-refractivity contribution >= 4 is 10.0 Å². The third-order valence-corrected chi connectivity index (χ3v) is 3.82. The van der Waals surface area contributed by atoms with E-state index < -0.39 is 15.8 Å². The molecule has 1 aromatic rings. The maximum absolute atomic E-state index is 13.8. The van der Waals surface area contributed by atoms with Crippen LogP contribution in [-0.2, 0) is 16.4 Å². The first-order chi connectivity index (χ1) is 8.01. The molecule has 1 atom stereocenters. The number of sulfonamides is 1. The molecular formula is C12H19FN2O2S. The van der Waals surface area contributed by atoms with E-state index in [1.807, 2.05) is 20.8 Å². The Balaban J connectivity index is 3.01. The SMILES string of the molecule is CC(C)(C)C(N)Cc1ccc(S(N)(=O)=O)cc1F. The Labute approximate surface area is 107 Å². The molecule has 0 saturated carbocycles. The van der Waals surface area contributed by atoms with Gasteiger partial charge in [0, 0.05) is 6.04 Å². The smallest absolute Gasteiger partial charge is 0.238 e. The van der Waals surface area contributed by atoms with E-state index in [1.54, 1.807) is 0 Å². The Bertz CT molecular complexity index is 535. The van der Waals surface area contributed by atoms with Crippen LogP contribution in [-0.4, -0.2) is 14.5 Å². The number of rotatable bonds is 3. The highest BCUT2D eigenvalue weighted by atomic mass is 32.2. The number of halogens is 1. The summed E-state index contributed by atoms with van der Waals surface area (Å²) in [6, 6.07) is 3.43. The number of benzene rings is 1. The summed E-state index contributed by atoms with van der Waals surface area (Å²) in [4.78, 5) is -0.229. The first-order valence-electron chi connectivity index (χ1n) is 5.58. The van der Waals surface area contributed by atoms with E-state index in [2.05, 4.69) is 0 Å². The summed E-state index contributed by atoms with van der Waals surface area (Å²) in [6.07, 6.45) is 0.347. The van der Waals surface area contributed by atoms with Crippen molar-refractivity contribution < 1.29 is 12.8 Å². The molecule has 18 heavy (non-hydrogen) atoms. The Kier molecular flexibility index (Phi) is 4.15. The van der Waals surface area contributed by atoms with Crippen LogP contribution in [0.5, 0.6) is 0 Å². The van der Waals surface area contributed by atoms with Gasteiger partial charge in [-0.15, -0.1) is 0 Å². The van der Waals surface area contributed by atoms with Crippen molar-refractivity contribution in [3.63, 3.8) is 0 Å². The molecule has 1 aromatic carbocycles. The van der Waals surface area contributed by atoms with Crippen LogP contribution in [0.15, 0.2) is 23.1 Å². The van der Waals surface area contributed by atoms with Crippen LogP contribution in [0.1, 0.15) is 26.3 Å². The number of primary sulfonamides is 1. The van der Waals surface area contributed by atoms with Crippen molar-refractivity contribution in [2.45, 2.75) is 38.1 Å². The monoisotopic (exact) mass is 274 g/mol. The topological polar surface area (TPSA) is 86.2 Å². The summed E-state index contributed by atoms with van der Waals surface area (Å²) in [6.45, 7) is 5.90. The fourth-order valence-corrected chi connectivity index (χ4v) is 1.94. The van der Waals surface area contributed by atoms with Gasteiger partial charge in [0.15, 0.2) is 0 Å². The standard InChI is InChI=1S/C12H19FN2O2S/c1-12(2,3)11(14)6-8-4-5-9(7-10(8)13)18(15,16)17/h4-5,7,11H,6,14H2,1-3H3,(H2,15,16,17). The second-order valence-corrected chi connectivity index (χ2v) is 7.04. The minimum absolute atomic E-state index is 0.148. The van der Waals surface area contributed by atoms with E-state index >= 15 is 0 Å². The Morgan fingerprint density at radius 2 is 1.89 bits per heavy atom. The third kappa shape index (κ3) is 3.76. The van der Waals surface area contributed by atoms with Gasteiger partial charge in [-0.25, -0.2) is 17.9 Å². The second kappa shape index (κ2) is 4.95. The number of hydrogen-bond acceptors (Lipinski definition) is 3. The molecule has 102 valence electrons. The first kappa shape index (κ1) is 15.1. The third-order valence-electron chi connectivity index (χ3n) is 2.91. The van der Waals surface area contributed by atoms with Crippen molar-refractivity contribution in [1.82, 2.24) is 0 Å². The normalized spacial score (nSPS) is 14.6. The van der Waals surface area contributed by atoms with Crippen molar-refractivity contribution in [2.75, 3.05) is 0 Å². The van der Waals surface area contributed by atoms with Crippen LogP contribution in [0.3, 0.4) is 0 Å². The summed E-state index contributed by atoms with van der Waals surface area (Å²) in [5.74, 6) is -0.596. The summed E-state index contributed by atoms with van der Waals surface area (Å²) in [5, 5.41) is 4.93. The predicted molar refractivity (Wildman–Crippen MR) is 68.9 cm³/mol. The highest BCUT2D eigenvalue weighted by molar-refractivity contribution is 7.89. The highest BCUT2D eigenvalue weighted by Gasteiger charge is 2.22. The molecule has 4 N–H and O–H groups in total. The van der Waals surface area contributed by atoms with Crippen LogP contribution < -0.4 is 10.9 Å². The van der Waals surface area contributed by atoms with Crippen molar-refractivity contribution in [2.24, 2.45) is 16.3 Å². The zero-order chi connectivity index (χ0) is 14.1. The van der Waals surface area contributed by atoms with E-state index in [0.29, 0.717) is 12.0 Å². The molecule has 0 aromatic heterocycles. The van der Waals surface area contributed by atoms with Gasteiger partial charge in [-0.05, 0) is 29.5 Å². The maximum Gasteiger partial charge on any atom is 0.238 e. The van der Waals surface area contributed by atoms with Crippen LogP contribution in [0.25, 0.3) is 0 Å². The average Bonchev–Trinajstić information content (AvgIpc) is 2.17. The van der Waals surface area contributed by atoms with E-state index in [9.17, 15) is 12.8 Å². The zero-order valence-corrected chi connectivity index (χ0v) is 11.6. The van der Waals surface area contributed by atoms with E-state index in [0.717, 1.165) is 6.07 Å². The van der Waals surface area contributed by atoms with Crippen molar-refractivity contribution in [1.29, 1.82) is 0 Å². The second-order valence-electron chi connectivity index (χ2n) is 5.47. The summed E-state index contributed by atoms with van der Waals surface area (Å²) >= 11 is 0. The zero-order valence-electron chi connectivity index (χ0n) is 10.8. The number of hydrogen-bond donors (Lipinski definition) is 2. The minimum Gasteiger partial charge on any atom is -0.327 e. The van der Waals surface area contributed by atoms with Crippen LogP contribution in [0.2, 0.25) is 0 Å². The van der Waals surface area contributed by atoms with E-state index in [4.69, 9.17) is 10.9 Å². The predicted octanol–water partition coefficient (Wildman–Crippen LogP) is 1.39. The van der Waals surface area contributed by atoms with Gasteiger partial charge in [0.25, 0.3) is 0 Å². The maximum atomic E-state index is 13.8. The quantitative estimate of drug-likeness (QED) is 0.873. The lowest BCUT2D eigenvalue weighted by atomic mass is 9.84. The van der Waals surface area contributed by atoms with Gasteiger partial charge in [0.1, 0.15) is 5.82 Å². The fourth-order valence-electron chi connectivity index (χ4n) is 1.41. The van der Waals surface area contributed by atoms with Crippen molar-refractivity contribution in [3.8, 4) is 0 Å². The molecule has 6 heteroatoms. The first-order valence-corrected chi connectivity index (χ1v) is 7.13. The average molecular weight is 274 g/mol. The number of nitrogens with two attached hydrogens (primary N) is 2. The lowest BCUT2D eigenvalue weighted by molar-refractivity contribution is 0.316. The van der Waals surface area contributed by atoms with Gasteiger partial charge in [-0.1, -0.05) is 26.8 Å². The molecule has 0 bridgehead atoms. The molecule has 0 aliphatic carbocycles. The van der Waals surface area contributed by atoms with Gasteiger partial charge in [0.05, 0.1) is 4.90 Å². The van der Waals surface area contributed by atoms with Crippen molar-refractivity contribution in [3.05, 3.63) is 29.6 Å². The van der Waals surface area contributed by atoms with E-state index in [1.165, 1.54) is 12.1 Å². The van der Waals surface area contributed by atoms with Crippen LogP contribution in [0, 0.1) is 11.2 Å². The van der Waals surface area contributed by atoms with Gasteiger partial charge in [-0.2, -0.15) is 0 Å². The molecule has 0 spiro atoms. The molecule has 4 nitrogen and oxygen atoms in total. The lowest BCUT2D eigenvalue weighted by Gasteiger charge is -2.27. The molecule has 1 rings (SSSR count). The Morgan fingerprint density at radius 1 is 1.33 bits per heavy atom. The van der Waals surface area contributed by atoms with Gasteiger partial charge in [0.2, 0.25) is 10.0 Å². The molecule has 0 amide bonds. The summed E-state index contributed by atoms with van der Waals surface area (Å²) in [5.41, 5.74) is 6.21. The van der Waals surface area contributed by atoms with Crippen LogP contribution >= 0.6 is 0 Å². The van der Waals surface area contributed by atoms with Crippen LogP contribution in [0.4, 0.5) is 4.39 Å². The Morgan fingerprint density at radius 3 is 2.28 bits per heavy atom. The molecule has 0 heterocycles. The summed E-state index contributed by atoms with van der Waals surface area (Å²) < 4.78 is 35.9. The molecule has 0 radical (unpaired) electrons.